The van der Waals surface area contributed by atoms with Crippen LogP contribution in [0, 0.1) is 0 Å². The molecule has 1 fully saturated rings. The third-order valence-electron chi connectivity index (χ3n) is 3.29. The number of hydrogen-bond donors (Lipinski definition) is 3. The molecule has 0 aromatic heterocycles. The van der Waals surface area contributed by atoms with E-state index < -0.39 is 5.97 Å². The zero-order valence-electron chi connectivity index (χ0n) is 10.7. The van der Waals surface area contributed by atoms with Gasteiger partial charge < -0.3 is 15.7 Å². The van der Waals surface area contributed by atoms with Crippen molar-refractivity contribution in [1.29, 1.82) is 0 Å². The monoisotopic (exact) mass is 262 g/mol. The van der Waals surface area contributed by atoms with Crippen molar-refractivity contribution in [3.05, 3.63) is 35.4 Å². The fourth-order valence-electron chi connectivity index (χ4n) is 2.18. The van der Waals surface area contributed by atoms with Crippen LogP contribution in [-0.2, 0) is 11.2 Å². The molecule has 1 saturated heterocycles. The first kappa shape index (κ1) is 13.5. The third kappa shape index (κ3) is 3.79. The highest BCUT2D eigenvalue weighted by atomic mass is 16.4. The molecule has 5 nitrogen and oxygen atoms in total. The molecule has 1 unspecified atom stereocenters. The van der Waals surface area contributed by atoms with Crippen molar-refractivity contribution in [3.63, 3.8) is 0 Å². The molecule has 3 N–H and O–H groups in total. The van der Waals surface area contributed by atoms with Gasteiger partial charge in [-0.05, 0) is 43.5 Å². The second-order valence-electron chi connectivity index (χ2n) is 4.69. The summed E-state index contributed by atoms with van der Waals surface area (Å²) in [5.74, 6) is -0.869. The van der Waals surface area contributed by atoms with Crippen molar-refractivity contribution in [2.45, 2.75) is 25.3 Å². The van der Waals surface area contributed by atoms with E-state index in [1.165, 1.54) is 0 Å². The van der Waals surface area contributed by atoms with Crippen LogP contribution in [0.15, 0.2) is 24.3 Å². The number of carboxylic acid groups (broad SMARTS) is 1. The number of carbonyl (C=O) groups is 2. The van der Waals surface area contributed by atoms with E-state index in [9.17, 15) is 9.59 Å². The van der Waals surface area contributed by atoms with E-state index in [1.54, 1.807) is 24.3 Å². The minimum Gasteiger partial charge on any atom is -0.478 e. The van der Waals surface area contributed by atoms with Crippen LogP contribution in [0.5, 0.6) is 0 Å². The number of carboxylic acids is 1. The Hall–Kier alpha value is -1.88. The van der Waals surface area contributed by atoms with E-state index in [2.05, 4.69) is 10.6 Å². The molecule has 0 radical (unpaired) electrons. The van der Waals surface area contributed by atoms with Gasteiger partial charge in [0.25, 0.3) is 0 Å². The highest BCUT2D eigenvalue weighted by Gasteiger charge is 2.21. The zero-order valence-corrected chi connectivity index (χ0v) is 10.7. The van der Waals surface area contributed by atoms with Crippen LogP contribution in [0.2, 0.25) is 0 Å². The van der Waals surface area contributed by atoms with Gasteiger partial charge in [-0.3, -0.25) is 4.79 Å². The lowest BCUT2D eigenvalue weighted by Crippen LogP contribution is -2.41. The molecule has 0 bridgehead atoms. The van der Waals surface area contributed by atoms with Gasteiger partial charge in [-0.25, -0.2) is 4.79 Å². The number of hydrogen-bond acceptors (Lipinski definition) is 3. The van der Waals surface area contributed by atoms with E-state index in [0.29, 0.717) is 13.0 Å². The smallest absolute Gasteiger partial charge is 0.335 e. The fourth-order valence-corrected chi connectivity index (χ4v) is 2.18. The second-order valence-corrected chi connectivity index (χ2v) is 4.69. The number of carbonyl (C=O) groups excluding carboxylic acids is 1. The van der Waals surface area contributed by atoms with Crippen LogP contribution in [0.1, 0.15) is 28.8 Å². The lowest BCUT2D eigenvalue weighted by molar-refractivity contribution is -0.122. The van der Waals surface area contributed by atoms with Crippen molar-refractivity contribution in [2.24, 2.45) is 0 Å². The van der Waals surface area contributed by atoms with Gasteiger partial charge in [0, 0.05) is 6.54 Å². The highest BCUT2D eigenvalue weighted by molar-refractivity contribution is 5.87. The molecule has 1 aliphatic rings. The SMILES string of the molecule is O=C(O)c1ccc(CCNC(=O)C2CCCN2)cc1. The summed E-state index contributed by atoms with van der Waals surface area (Å²) in [4.78, 5) is 22.4. The van der Waals surface area contributed by atoms with Gasteiger partial charge in [0.15, 0.2) is 0 Å². The van der Waals surface area contributed by atoms with E-state index in [-0.39, 0.29) is 17.5 Å². The molecule has 2 rings (SSSR count). The van der Waals surface area contributed by atoms with Crippen LogP contribution < -0.4 is 10.6 Å². The van der Waals surface area contributed by atoms with Crippen molar-refractivity contribution in [1.82, 2.24) is 10.6 Å². The summed E-state index contributed by atoms with van der Waals surface area (Å²) in [7, 11) is 0. The van der Waals surface area contributed by atoms with Gasteiger partial charge >= 0.3 is 5.97 Å². The lowest BCUT2D eigenvalue weighted by Gasteiger charge is -2.10. The summed E-state index contributed by atoms with van der Waals surface area (Å²) in [6.07, 6.45) is 2.66. The molecular formula is C14H18N2O3. The van der Waals surface area contributed by atoms with Crippen LogP contribution >= 0.6 is 0 Å². The van der Waals surface area contributed by atoms with Crippen molar-refractivity contribution in [2.75, 3.05) is 13.1 Å². The molecule has 5 heteroatoms. The average Bonchev–Trinajstić information content (AvgIpc) is 2.93. The Morgan fingerprint density at radius 2 is 2.05 bits per heavy atom. The predicted octanol–water partition coefficient (Wildman–Crippen LogP) is 0.795. The highest BCUT2D eigenvalue weighted by Crippen LogP contribution is 2.06. The van der Waals surface area contributed by atoms with Gasteiger partial charge in [-0.2, -0.15) is 0 Å². The molecule has 0 aliphatic carbocycles. The Labute approximate surface area is 112 Å². The summed E-state index contributed by atoms with van der Waals surface area (Å²) in [5.41, 5.74) is 1.30. The first-order chi connectivity index (χ1) is 9.16. The maximum atomic E-state index is 11.7. The summed E-state index contributed by atoms with van der Waals surface area (Å²) in [6.45, 7) is 1.48. The first-order valence-corrected chi connectivity index (χ1v) is 6.50. The topological polar surface area (TPSA) is 78.4 Å². The van der Waals surface area contributed by atoms with Crippen LogP contribution in [0.25, 0.3) is 0 Å². The van der Waals surface area contributed by atoms with Gasteiger partial charge in [0.1, 0.15) is 0 Å². The van der Waals surface area contributed by atoms with Gasteiger partial charge in [-0.15, -0.1) is 0 Å². The summed E-state index contributed by atoms with van der Waals surface area (Å²) < 4.78 is 0. The number of aromatic carboxylic acids is 1. The van der Waals surface area contributed by atoms with Crippen LogP contribution in [0.4, 0.5) is 0 Å². The normalized spacial score (nSPS) is 18.2. The van der Waals surface area contributed by atoms with Crippen molar-refractivity contribution in [3.8, 4) is 0 Å². The molecule has 1 heterocycles. The lowest BCUT2D eigenvalue weighted by atomic mass is 10.1. The quantitative estimate of drug-likeness (QED) is 0.733. The maximum absolute atomic E-state index is 11.7. The standard InChI is InChI=1S/C14H18N2O3/c17-13(12-2-1-8-15-12)16-9-7-10-3-5-11(6-4-10)14(18)19/h3-6,12,15H,1-2,7-9H2,(H,16,17)(H,18,19). The number of nitrogens with one attached hydrogen (secondary N) is 2. The Kier molecular flexibility index (Phi) is 4.52. The minimum absolute atomic E-state index is 0.0469. The summed E-state index contributed by atoms with van der Waals surface area (Å²) in [6, 6.07) is 6.68. The van der Waals surface area contributed by atoms with E-state index >= 15 is 0 Å². The van der Waals surface area contributed by atoms with Gasteiger partial charge in [0.2, 0.25) is 5.91 Å². The van der Waals surface area contributed by atoms with Crippen LogP contribution in [0.3, 0.4) is 0 Å². The molecule has 1 aromatic carbocycles. The van der Waals surface area contributed by atoms with Crippen molar-refractivity contribution < 1.29 is 14.7 Å². The Bertz CT molecular complexity index is 450. The minimum atomic E-state index is -0.924. The number of rotatable bonds is 5. The average molecular weight is 262 g/mol. The molecule has 1 aromatic rings. The summed E-state index contributed by atoms with van der Waals surface area (Å²) >= 11 is 0. The largest absolute Gasteiger partial charge is 0.478 e. The van der Waals surface area contributed by atoms with Crippen molar-refractivity contribution >= 4 is 11.9 Å². The maximum Gasteiger partial charge on any atom is 0.335 e. The fraction of sp³-hybridized carbons (Fsp3) is 0.429. The Morgan fingerprint density at radius 1 is 1.32 bits per heavy atom. The molecular weight excluding hydrogens is 244 g/mol. The first-order valence-electron chi connectivity index (χ1n) is 6.50. The molecule has 102 valence electrons. The third-order valence-corrected chi connectivity index (χ3v) is 3.29. The molecule has 19 heavy (non-hydrogen) atoms. The summed E-state index contributed by atoms with van der Waals surface area (Å²) in [5, 5.41) is 14.8. The van der Waals surface area contributed by atoms with Crippen LogP contribution in [-0.4, -0.2) is 36.1 Å². The molecule has 1 atom stereocenters. The number of amides is 1. The van der Waals surface area contributed by atoms with E-state index in [0.717, 1.165) is 24.9 Å². The predicted molar refractivity (Wildman–Crippen MR) is 71.1 cm³/mol. The second kappa shape index (κ2) is 6.33. The van der Waals surface area contributed by atoms with E-state index in [4.69, 9.17) is 5.11 Å². The van der Waals surface area contributed by atoms with E-state index in [1.807, 2.05) is 0 Å². The Balaban J connectivity index is 1.75. The molecule has 1 aliphatic heterocycles. The zero-order chi connectivity index (χ0) is 13.7. The molecule has 0 saturated carbocycles. The van der Waals surface area contributed by atoms with Gasteiger partial charge in [0.05, 0.1) is 11.6 Å². The number of benzene rings is 1. The Morgan fingerprint density at radius 3 is 2.63 bits per heavy atom. The van der Waals surface area contributed by atoms with Gasteiger partial charge in [-0.1, -0.05) is 12.1 Å². The molecule has 0 spiro atoms. The molecule has 1 amide bonds.